The first-order valence-corrected chi connectivity index (χ1v) is 13.4. The van der Waals surface area contributed by atoms with Gasteiger partial charge < -0.3 is 25.8 Å². The molecule has 4 aromatic rings. The number of carbonyl (C=O) groups is 1. The Kier molecular flexibility index (Phi) is 9.00. The highest BCUT2D eigenvalue weighted by Gasteiger charge is 2.28. The van der Waals surface area contributed by atoms with Crippen molar-refractivity contribution in [3.8, 4) is 22.9 Å². The molecule has 1 aliphatic heterocycles. The van der Waals surface area contributed by atoms with Gasteiger partial charge in [-0.3, -0.25) is 4.79 Å². The second-order valence-corrected chi connectivity index (χ2v) is 9.78. The summed E-state index contributed by atoms with van der Waals surface area (Å²) in [5.74, 6) is 2.51. The van der Waals surface area contributed by atoms with E-state index >= 15 is 0 Å². The van der Waals surface area contributed by atoms with Crippen molar-refractivity contribution in [1.82, 2.24) is 24.6 Å². The number of likely N-dealkylation sites (tertiary alicyclic amines) is 1. The van der Waals surface area contributed by atoms with Crippen molar-refractivity contribution in [3.63, 3.8) is 0 Å². The quantitative estimate of drug-likeness (QED) is 0.316. The van der Waals surface area contributed by atoms with E-state index in [9.17, 15) is 4.79 Å². The molecule has 0 spiro atoms. The van der Waals surface area contributed by atoms with Crippen molar-refractivity contribution in [2.45, 2.75) is 40.7 Å². The summed E-state index contributed by atoms with van der Waals surface area (Å²) in [6, 6.07) is 13.0. The summed E-state index contributed by atoms with van der Waals surface area (Å²) in [7, 11) is 2.07. The second-order valence-electron chi connectivity index (χ2n) is 9.78. The lowest BCUT2D eigenvalue weighted by Crippen LogP contribution is -2.44. The molecule has 0 radical (unpaired) electrons. The zero-order valence-electron chi connectivity index (χ0n) is 23.7. The largest absolute Gasteiger partial charge is 0.489 e. The number of amides is 1. The number of primary amides is 1. The Morgan fingerprint density at radius 1 is 1.00 bits per heavy atom. The lowest BCUT2D eigenvalue weighted by atomic mass is 9.95. The van der Waals surface area contributed by atoms with E-state index in [1.54, 1.807) is 12.4 Å². The molecule has 1 amide bonds. The Balaban J connectivity index is 0.00000181. The third kappa shape index (κ3) is 6.76. The van der Waals surface area contributed by atoms with Gasteiger partial charge in [-0.15, -0.1) is 0 Å². The Morgan fingerprint density at radius 2 is 1.65 bits per heavy atom. The number of rotatable bonds is 9. The number of carbonyl (C=O) groups excluding carboxylic acids is 1. The molecule has 0 saturated carbocycles. The molecule has 2 aromatic carbocycles. The van der Waals surface area contributed by atoms with E-state index in [1.807, 2.05) is 70.2 Å². The van der Waals surface area contributed by atoms with Crippen LogP contribution in [0.4, 0.5) is 5.69 Å². The van der Waals surface area contributed by atoms with E-state index in [1.165, 1.54) is 4.68 Å². The molecule has 1 fully saturated rings. The molecule has 210 valence electrons. The van der Waals surface area contributed by atoms with Gasteiger partial charge in [0.15, 0.2) is 5.69 Å². The third-order valence-electron chi connectivity index (χ3n) is 6.43. The molecule has 0 bridgehead atoms. The van der Waals surface area contributed by atoms with Crippen LogP contribution in [-0.2, 0) is 13.0 Å². The van der Waals surface area contributed by atoms with E-state index in [0.29, 0.717) is 53.3 Å². The van der Waals surface area contributed by atoms with E-state index in [4.69, 9.17) is 20.9 Å². The topological polar surface area (TPSA) is 134 Å². The first-order chi connectivity index (χ1) is 19.2. The van der Waals surface area contributed by atoms with Crippen LogP contribution in [0.5, 0.6) is 17.2 Å². The van der Waals surface area contributed by atoms with Crippen LogP contribution >= 0.6 is 0 Å². The maximum Gasteiger partial charge on any atom is 0.269 e. The first kappa shape index (κ1) is 28.6. The smallest absolute Gasteiger partial charge is 0.269 e. The first-order valence-electron chi connectivity index (χ1n) is 13.4. The predicted molar refractivity (Wildman–Crippen MR) is 155 cm³/mol. The molecule has 0 aliphatic carbocycles. The SMILES string of the molecule is CC.Cc1cc(OCc2cnc(C)nc2)cc(Oc2ccc(-n3nc(CC4CN(C)C4)c(N)c3C(N)=O)cc2)c1. The van der Waals surface area contributed by atoms with Crippen LogP contribution in [0.1, 0.15) is 47.0 Å². The van der Waals surface area contributed by atoms with Gasteiger partial charge in [-0.2, -0.15) is 5.10 Å². The van der Waals surface area contributed by atoms with Gasteiger partial charge in [0.2, 0.25) is 0 Å². The number of aryl methyl sites for hydroxylation is 2. The molecule has 40 heavy (non-hydrogen) atoms. The molecular formula is C30H37N7O3. The highest BCUT2D eigenvalue weighted by molar-refractivity contribution is 5.97. The number of hydrogen-bond acceptors (Lipinski definition) is 8. The minimum atomic E-state index is -0.614. The van der Waals surface area contributed by atoms with Crippen LogP contribution in [-0.4, -0.2) is 50.7 Å². The Morgan fingerprint density at radius 3 is 2.27 bits per heavy atom. The summed E-state index contributed by atoms with van der Waals surface area (Å²) in [5, 5.41) is 4.64. The van der Waals surface area contributed by atoms with E-state index in [-0.39, 0.29) is 5.69 Å². The van der Waals surface area contributed by atoms with Crippen molar-refractivity contribution in [2.24, 2.45) is 11.7 Å². The van der Waals surface area contributed by atoms with E-state index in [0.717, 1.165) is 30.0 Å². The van der Waals surface area contributed by atoms with Gasteiger partial charge in [0.05, 0.1) is 17.1 Å². The van der Waals surface area contributed by atoms with Crippen LogP contribution in [0.3, 0.4) is 0 Å². The third-order valence-corrected chi connectivity index (χ3v) is 6.43. The predicted octanol–water partition coefficient (Wildman–Crippen LogP) is 4.46. The average molecular weight is 544 g/mol. The van der Waals surface area contributed by atoms with Gasteiger partial charge in [0.1, 0.15) is 29.7 Å². The van der Waals surface area contributed by atoms with Crippen LogP contribution in [0.15, 0.2) is 54.9 Å². The van der Waals surface area contributed by atoms with E-state index in [2.05, 4.69) is 27.0 Å². The van der Waals surface area contributed by atoms with Gasteiger partial charge >= 0.3 is 0 Å². The van der Waals surface area contributed by atoms with Crippen LogP contribution in [0.2, 0.25) is 0 Å². The Bertz CT molecular complexity index is 1440. The summed E-state index contributed by atoms with van der Waals surface area (Å²) in [6.45, 7) is 10.1. The molecule has 1 aliphatic rings. The molecule has 5 rings (SSSR count). The fourth-order valence-electron chi connectivity index (χ4n) is 4.59. The fourth-order valence-corrected chi connectivity index (χ4v) is 4.59. The number of benzene rings is 2. The number of aromatic nitrogens is 4. The zero-order valence-corrected chi connectivity index (χ0v) is 23.7. The Hall–Kier alpha value is -4.44. The normalized spacial score (nSPS) is 13.2. The molecule has 10 nitrogen and oxygen atoms in total. The van der Waals surface area contributed by atoms with Crippen molar-refractivity contribution in [3.05, 3.63) is 83.2 Å². The minimum Gasteiger partial charge on any atom is -0.489 e. The van der Waals surface area contributed by atoms with Crippen LogP contribution < -0.4 is 20.9 Å². The standard InChI is InChI=1S/C28H31N7O3.C2H6/c1-17-8-23(37-16-20-12-31-18(2)32-13-20)11-24(9-17)38-22-6-4-21(5-7-22)35-27(28(30)36)26(29)25(33-35)10-19-14-34(3)15-19;1-2/h4-9,11-13,19H,10,14-16,29H2,1-3H3,(H2,30,36);1-2H3. The number of nitrogens with two attached hydrogens (primary N) is 2. The highest BCUT2D eigenvalue weighted by atomic mass is 16.5. The number of nitrogens with zero attached hydrogens (tertiary/aromatic N) is 5. The molecule has 0 atom stereocenters. The number of ether oxygens (including phenoxy) is 2. The number of hydrogen-bond donors (Lipinski definition) is 2. The molecule has 0 unspecified atom stereocenters. The summed E-state index contributed by atoms with van der Waals surface area (Å²) in [5.41, 5.74) is 15.7. The summed E-state index contributed by atoms with van der Waals surface area (Å²) < 4.78 is 13.5. The van der Waals surface area contributed by atoms with Gasteiger partial charge in [-0.1, -0.05) is 13.8 Å². The maximum atomic E-state index is 12.2. The van der Waals surface area contributed by atoms with Crippen LogP contribution in [0, 0.1) is 19.8 Å². The van der Waals surface area contributed by atoms with Crippen molar-refractivity contribution in [1.29, 1.82) is 0 Å². The zero-order chi connectivity index (χ0) is 28.8. The summed E-state index contributed by atoms with van der Waals surface area (Å²) >= 11 is 0. The summed E-state index contributed by atoms with van der Waals surface area (Å²) in [4.78, 5) is 22.8. The van der Waals surface area contributed by atoms with Crippen molar-refractivity contribution < 1.29 is 14.3 Å². The molecule has 3 heterocycles. The van der Waals surface area contributed by atoms with Crippen molar-refractivity contribution >= 4 is 11.6 Å². The number of nitrogen functional groups attached to an aromatic ring is 1. The maximum absolute atomic E-state index is 12.2. The second kappa shape index (κ2) is 12.6. The average Bonchev–Trinajstić information content (AvgIpc) is 3.25. The summed E-state index contributed by atoms with van der Waals surface area (Å²) in [6.07, 6.45) is 4.21. The van der Waals surface area contributed by atoms with Crippen molar-refractivity contribution in [2.75, 3.05) is 25.9 Å². The lowest BCUT2D eigenvalue weighted by molar-refractivity contribution is 0.0993. The molecule has 1 saturated heterocycles. The molecule has 2 aromatic heterocycles. The van der Waals surface area contributed by atoms with Gasteiger partial charge in [0, 0.05) is 37.1 Å². The molecule has 10 heteroatoms. The Labute approximate surface area is 234 Å². The highest BCUT2D eigenvalue weighted by Crippen LogP contribution is 2.30. The van der Waals surface area contributed by atoms with Gasteiger partial charge in [-0.25, -0.2) is 14.6 Å². The van der Waals surface area contributed by atoms with Gasteiger partial charge in [0.25, 0.3) is 5.91 Å². The van der Waals surface area contributed by atoms with E-state index < -0.39 is 5.91 Å². The van der Waals surface area contributed by atoms with Gasteiger partial charge in [-0.05, 0) is 75.2 Å². The minimum absolute atomic E-state index is 0.195. The fraction of sp³-hybridized carbons (Fsp3) is 0.333. The number of anilines is 1. The van der Waals surface area contributed by atoms with Crippen LogP contribution in [0.25, 0.3) is 5.69 Å². The monoisotopic (exact) mass is 543 g/mol. The molecular weight excluding hydrogens is 506 g/mol. The molecule has 4 N–H and O–H groups in total. The lowest BCUT2D eigenvalue weighted by Gasteiger charge is -2.35.